The normalized spacial score (nSPS) is 12.0. The molecule has 2 rings (SSSR count). The van der Waals surface area contributed by atoms with Crippen molar-refractivity contribution in [2.75, 3.05) is 5.32 Å². The zero-order valence-corrected chi connectivity index (χ0v) is 14.7. The number of aryl methyl sites for hydroxylation is 3. The number of nitrogens with two attached hydrogens (primary N) is 1. The smallest absolute Gasteiger partial charge is 0.193 e. The van der Waals surface area contributed by atoms with E-state index in [1.165, 1.54) is 16.0 Å². The van der Waals surface area contributed by atoms with E-state index >= 15 is 0 Å². The summed E-state index contributed by atoms with van der Waals surface area (Å²) in [7, 11) is 0. The van der Waals surface area contributed by atoms with Crippen LogP contribution >= 0.6 is 11.3 Å². The van der Waals surface area contributed by atoms with Gasteiger partial charge < -0.3 is 11.1 Å². The van der Waals surface area contributed by atoms with E-state index in [1.54, 1.807) is 11.3 Å². The third-order valence-corrected chi connectivity index (χ3v) is 4.56. The summed E-state index contributed by atoms with van der Waals surface area (Å²) >= 11 is 1.69. The zero-order valence-electron chi connectivity index (χ0n) is 13.9. The van der Waals surface area contributed by atoms with E-state index in [2.05, 4.69) is 62.0 Å². The van der Waals surface area contributed by atoms with Crippen LogP contribution in [0.4, 0.5) is 5.69 Å². The Morgan fingerprint density at radius 1 is 1.27 bits per heavy atom. The van der Waals surface area contributed by atoms with Crippen molar-refractivity contribution in [2.45, 2.75) is 47.1 Å². The monoisotopic (exact) mass is 316 g/mol. The number of nitrogens with one attached hydrogen (secondary N) is 1. The van der Waals surface area contributed by atoms with Gasteiger partial charge >= 0.3 is 0 Å². The summed E-state index contributed by atoms with van der Waals surface area (Å²) < 4.78 is 0. The minimum Gasteiger partial charge on any atom is -0.370 e. The summed E-state index contributed by atoms with van der Waals surface area (Å²) in [6.07, 6.45) is 0. The van der Waals surface area contributed by atoms with Gasteiger partial charge in [0.1, 0.15) is 5.01 Å². The third kappa shape index (κ3) is 4.07. The third-order valence-electron chi connectivity index (χ3n) is 3.59. The molecule has 0 atom stereocenters. The number of aliphatic imine (C=N–C) groups is 1. The van der Waals surface area contributed by atoms with Crippen molar-refractivity contribution in [1.82, 2.24) is 4.98 Å². The van der Waals surface area contributed by atoms with Crippen LogP contribution < -0.4 is 11.1 Å². The van der Waals surface area contributed by atoms with Crippen molar-refractivity contribution < 1.29 is 0 Å². The maximum absolute atomic E-state index is 5.96. The van der Waals surface area contributed by atoms with Crippen molar-refractivity contribution in [3.05, 3.63) is 44.9 Å². The first-order valence-corrected chi connectivity index (χ1v) is 8.29. The largest absolute Gasteiger partial charge is 0.370 e. The summed E-state index contributed by atoms with van der Waals surface area (Å²) in [5, 5.41) is 4.13. The van der Waals surface area contributed by atoms with Gasteiger partial charge in [0.2, 0.25) is 0 Å². The van der Waals surface area contributed by atoms with Crippen LogP contribution in [0.25, 0.3) is 0 Å². The quantitative estimate of drug-likeness (QED) is 0.659. The molecule has 3 N–H and O–H groups in total. The molecule has 22 heavy (non-hydrogen) atoms. The van der Waals surface area contributed by atoms with Crippen molar-refractivity contribution in [2.24, 2.45) is 10.7 Å². The molecule has 1 aromatic heterocycles. The molecule has 0 spiro atoms. The van der Waals surface area contributed by atoms with E-state index < -0.39 is 0 Å². The number of rotatable bonds is 4. The lowest BCUT2D eigenvalue weighted by Crippen LogP contribution is -2.22. The topological polar surface area (TPSA) is 63.3 Å². The molecule has 0 amide bonds. The van der Waals surface area contributed by atoms with Gasteiger partial charge in [-0.25, -0.2) is 9.98 Å². The average molecular weight is 316 g/mol. The summed E-state index contributed by atoms with van der Waals surface area (Å²) in [6.45, 7) is 11.1. The Labute approximate surface area is 136 Å². The standard InChI is InChI=1S/C17H24N4S/c1-10(2)16-13(5)22-15(21-16)9-19-17(18)20-14-7-6-11(3)12(4)8-14/h6-8,10H,9H2,1-5H3,(H3,18,19,20). The summed E-state index contributed by atoms with van der Waals surface area (Å²) in [5.41, 5.74) is 10.6. The van der Waals surface area contributed by atoms with Gasteiger partial charge in [0.15, 0.2) is 5.96 Å². The second-order valence-electron chi connectivity index (χ2n) is 5.83. The minimum absolute atomic E-state index is 0.419. The van der Waals surface area contributed by atoms with E-state index in [1.807, 2.05) is 6.07 Å². The van der Waals surface area contributed by atoms with Crippen LogP contribution in [-0.2, 0) is 6.54 Å². The molecule has 0 bridgehead atoms. The molecule has 5 heteroatoms. The highest BCUT2D eigenvalue weighted by Crippen LogP contribution is 2.24. The van der Waals surface area contributed by atoms with Gasteiger partial charge in [-0.2, -0.15) is 0 Å². The van der Waals surface area contributed by atoms with E-state index in [9.17, 15) is 0 Å². The molecule has 2 aromatic rings. The Morgan fingerprint density at radius 2 is 2.00 bits per heavy atom. The van der Waals surface area contributed by atoms with Gasteiger partial charge in [-0.1, -0.05) is 19.9 Å². The fourth-order valence-electron chi connectivity index (χ4n) is 2.23. The van der Waals surface area contributed by atoms with Crippen LogP contribution in [0.2, 0.25) is 0 Å². The van der Waals surface area contributed by atoms with Crippen molar-refractivity contribution in [1.29, 1.82) is 0 Å². The van der Waals surface area contributed by atoms with Gasteiger partial charge in [0, 0.05) is 10.6 Å². The second kappa shape index (κ2) is 6.92. The Hall–Kier alpha value is -1.88. The molecule has 0 radical (unpaired) electrons. The average Bonchev–Trinajstić information content (AvgIpc) is 2.82. The van der Waals surface area contributed by atoms with Crippen molar-refractivity contribution in [3.63, 3.8) is 0 Å². The molecule has 1 aromatic carbocycles. The van der Waals surface area contributed by atoms with Gasteiger partial charge in [-0.05, 0) is 49.9 Å². The lowest BCUT2D eigenvalue weighted by molar-refractivity contribution is 0.814. The number of benzene rings is 1. The first-order valence-electron chi connectivity index (χ1n) is 7.47. The number of aromatic nitrogens is 1. The second-order valence-corrected chi connectivity index (χ2v) is 7.12. The molecule has 0 aliphatic heterocycles. The van der Waals surface area contributed by atoms with Crippen LogP contribution in [0.3, 0.4) is 0 Å². The lowest BCUT2D eigenvalue weighted by Gasteiger charge is -2.07. The lowest BCUT2D eigenvalue weighted by atomic mass is 10.1. The molecule has 0 aliphatic rings. The van der Waals surface area contributed by atoms with Crippen LogP contribution in [0.1, 0.15) is 46.5 Å². The molecule has 0 fully saturated rings. The van der Waals surface area contributed by atoms with Crippen LogP contribution in [0.15, 0.2) is 23.2 Å². The van der Waals surface area contributed by atoms with Crippen LogP contribution in [0.5, 0.6) is 0 Å². The number of hydrogen-bond acceptors (Lipinski definition) is 3. The van der Waals surface area contributed by atoms with E-state index in [0.717, 1.165) is 16.4 Å². The highest BCUT2D eigenvalue weighted by atomic mass is 32.1. The maximum atomic E-state index is 5.96. The van der Waals surface area contributed by atoms with Crippen LogP contribution in [-0.4, -0.2) is 10.9 Å². The molecule has 0 aliphatic carbocycles. The predicted molar refractivity (Wildman–Crippen MR) is 95.8 cm³/mol. The van der Waals surface area contributed by atoms with E-state index in [-0.39, 0.29) is 0 Å². The fraction of sp³-hybridized carbons (Fsp3) is 0.412. The zero-order chi connectivity index (χ0) is 16.3. The Balaban J connectivity index is 2.03. The number of nitrogens with zero attached hydrogens (tertiary/aromatic N) is 2. The highest BCUT2D eigenvalue weighted by molar-refractivity contribution is 7.11. The number of thiazole rings is 1. The number of hydrogen-bond donors (Lipinski definition) is 2. The van der Waals surface area contributed by atoms with Crippen molar-refractivity contribution >= 4 is 23.0 Å². The number of guanidine groups is 1. The fourth-order valence-corrected chi connectivity index (χ4v) is 3.24. The number of anilines is 1. The Bertz CT molecular complexity index is 686. The molecular formula is C17H24N4S. The Kier molecular flexibility index (Phi) is 5.19. The van der Waals surface area contributed by atoms with E-state index in [4.69, 9.17) is 5.73 Å². The molecule has 4 nitrogen and oxygen atoms in total. The van der Waals surface area contributed by atoms with Gasteiger partial charge in [-0.15, -0.1) is 11.3 Å². The van der Waals surface area contributed by atoms with Crippen LogP contribution in [0, 0.1) is 20.8 Å². The summed E-state index contributed by atoms with van der Waals surface area (Å²) in [6, 6.07) is 6.15. The molecular weight excluding hydrogens is 292 g/mol. The Morgan fingerprint density at radius 3 is 2.59 bits per heavy atom. The molecule has 0 saturated heterocycles. The first-order chi connectivity index (χ1) is 10.4. The molecule has 0 unspecified atom stereocenters. The van der Waals surface area contributed by atoms with Crippen molar-refractivity contribution in [3.8, 4) is 0 Å². The van der Waals surface area contributed by atoms with E-state index in [0.29, 0.717) is 18.4 Å². The predicted octanol–water partition coefficient (Wildman–Crippen LogP) is 4.12. The molecule has 0 saturated carbocycles. The summed E-state index contributed by atoms with van der Waals surface area (Å²) in [4.78, 5) is 10.3. The van der Waals surface area contributed by atoms with Gasteiger partial charge in [0.05, 0.1) is 12.2 Å². The SMILES string of the molecule is Cc1ccc(NC(N)=NCc2nc(C(C)C)c(C)s2)cc1C. The molecule has 118 valence electrons. The van der Waals surface area contributed by atoms with Gasteiger partial charge in [-0.3, -0.25) is 0 Å². The first kappa shape index (κ1) is 16.5. The molecule has 1 heterocycles. The maximum Gasteiger partial charge on any atom is 0.193 e. The highest BCUT2D eigenvalue weighted by Gasteiger charge is 2.10. The van der Waals surface area contributed by atoms with Gasteiger partial charge in [0.25, 0.3) is 0 Å². The minimum atomic E-state index is 0.419. The summed E-state index contributed by atoms with van der Waals surface area (Å²) in [5.74, 6) is 0.863.